The molecule has 0 spiro atoms. The van der Waals surface area contributed by atoms with Gasteiger partial charge in [0.2, 0.25) is 5.89 Å². The van der Waals surface area contributed by atoms with E-state index < -0.39 is 0 Å². The smallest absolute Gasteiger partial charge is 0.227 e. The summed E-state index contributed by atoms with van der Waals surface area (Å²) in [7, 11) is 0. The van der Waals surface area contributed by atoms with Gasteiger partial charge in [0.15, 0.2) is 11.4 Å². The summed E-state index contributed by atoms with van der Waals surface area (Å²) in [5, 5.41) is 0. The summed E-state index contributed by atoms with van der Waals surface area (Å²) in [6.45, 7) is 1.51. The summed E-state index contributed by atoms with van der Waals surface area (Å²) in [5.41, 5.74) is 8.92. The van der Waals surface area contributed by atoms with E-state index >= 15 is 0 Å². The fraction of sp³-hybridized carbons (Fsp3) is 0.0667. The number of anilines is 1. The molecule has 94 valence electrons. The molecule has 19 heavy (non-hydrogen) atoms. The Morgan fingerprint density at radius 1 is 1.16 bits per heavy atom. The van der Waals surface area contributed by atoms with Crippen LogP contribution in [0.1, 0.15) is 17.3 Å². The lowest BCUT2D eigenvalue weighted by atomic mass is 10.1. The van der Waals surface area contributed by atoms with Crippen LogP contribution in [0.25, 0.3) is 22.6 Å². The first-order valence-corrected chi connectivity index (χ1v) is 5.91. The van der Waals surface area contributed by atoms with Crippen LogP contribution in [0.15, 0.2) is 46.9 Å². The first kappa shape index (κ1) is 11.5. The number of hydrogen-bond donors (Lipinski definition) is 1. The van der Waals surface area contributed by atoms with E-state index in [9.17, 15) is 4.79 Å². The van der Waals surface area contributed by atoms with Crippen LogP contribution in [-0.4, -0.2) is 10.8 Å². The van der Waals surface area contributed by atoms with Crippen LogP contribution in [0.3, 0.4) is 0 Å². The highest BCUT2D eigenvalue weighted by Gasteiger charge is 2.13. The fourth-order valence-electron chi connectivity index (χ4n) is 1.98. The van der Waals surface area contributed by atoms with Gasteiger partial charge in [0.1, 0.15) is 5.52 Å². The summed E-state index contributed by atoms with van der Waals surface area (Å²) >= 11 is 0. The number of benzene rings is 2. The van der Waals surface area contributed by atoms with Crippen LogP contribution in [0.2, 0.25) is 0 Å². The molecule has 0 bridgehead atoms. The average molecular weight is 252 g/mol. The van der Waals surface area contributed by atoms with Crippen molar-refractivity contribution in [3.05, 3.63) is 48.0 Å². The molecule has 0 unspecified atom stereocenters. The molecule has 1 heterocycles. The maximum absolute atomic E-state index is 11.5. The molecule has 0 radical (unpaired) electrons. The van der Waals surface area contributed by atoms with Gasteiger partial charge in [0.05, 0.1) is 5.56 Å². The number of rotatable bonds is 2. The van der Waals surface area contributed by atoms with Crippen LogP contribution >= 0.6 is 0 Å². The first-order chi connectivity index (χ1) is 9.15. The molecule has 2 aromatic carbocycles. The van der Waals surface area contributed by atoms with Crippen molar-refractivity contribution in [1.29, 1.82) is 0 Å². The molecule has 4 heteroatoms. The minimum absolute atomic E-state index is 0.0365. The second-order valence-electron chi connectivity index (χ2n) is 4.35. The highest BCUT2D eigenvalue weighted by molar-refractivity contribution is 6.04. The maximum Gasteiger partial charge on any atom is 0.227 e. The predicted octanol–water partition coefficient (Wildman–Crippen LogP) is 3.28. The minimum Gasteiger partial charge on any atom is -0.435 e. The van der Waals surface area contributed by atoms with Crippen molar-refractivity contribution in [2.24, 2.45) is 0 Å². The second kappa shape index (κ2) is 4.24. The number of para-hydroxylation sites is 1. The number of Topliss-reactive ketones (excluding diaryl/α,β-unsaturated/α-hetero) is 1. The Morgan fingerprint density at radius 3 is 2.58 bits per heavy atom. The fourth-order valence-corrected chi connectivity index (χ4v) is 1.98. The van der Waals surface area contributed by atoms with Gasteiger partial charge in [-0.15, -0.1) is 0 Å². The molecule has 0 atom stereocenters. The number of nitrogens with zero attached hydrogens (tertiary/aromatic N) is 1. The summed E-state index contributed by atoms with van der Waals surface area (Å²) < 4.78 is 5.71. The molecular formula is C15H12N2O2. The molecule has 0 saturated heterocycles. The number of nitrogen functional groups attached to an aromatic ring is 1. The Hall–Kier alpha value is -2.62. The standard InChI is InChI=1S/C15H12N2O2/c1-9(18)12-3-2-4-13-14(12)19-15(17-13)10-5-7-11(16)8-6-10/h2-8H,16H2,1H3. The monoisotopic (exact) mass is 252 g/mol. The van der Waals surface area contributed by atoms with Crippen molar-refractivity contribution in [3.8, 4) is 11.5 Å². The summed E-state index contributed by atoms with van der Waals surface area (Å²) in [4.78, 5) is 15.9. The predicted molar refractivity (Wildman–Crippen MR) is 73.9 cm³/mol. The van der Waals surface area contributed by atoms with Gasteiger partial charge in [-0.3, -0.25) is 4.79 Å². The molecule has 1 aromatic heterocycles. The Bertz CT molecular complexity index is 757. The van der Waals surface area contributed by atoms with Gasteiger partial charge in [-0.25, -0.2) is 4.98 Å². The topological polar surface area (TPSA) is 69.1 Å². The molecule has 4 nitrogen and oxygen atoms in total. The van der Waals surface area contributed by atoms with Crippen molar-refractivity contribution in [1.82, 2.24) is 4.98 Å². The molecule has 3 aromatic rings. The Kier molecular flexibility index (Phi) is 2.56. The summed E-state index contributed by atoms with van der Waals surface area (Å²) in [6, 6.07) is 12.6. The lowest BCUT2D eigenvalue weighted by Crippen LogP contribution is -1.91. The van der Waals surface area contributed by atoms with Gasteiger partial charge in [-0.1, -0.05) is 6.07 Å². The third-order valence-corrected chi connectivity index (χ3v) is 2.95. The number of aromatic nitrogens is 1. The number of hydrogen-bond acceptors (Lipinski definition) is 4. The zero-order valence-corrected chi connectivity index (χ0v) is 10.4. The van der Waals surface area contributed by atoms with Crippen LogP contribution in [0, 0.1) is 0 Å². The summed E-state index contributed by atoms with van der Waals surface area (Å²) in [5.74, 6) is 0.453. The Morgan fingerprint density at radius 2 is 1.89 bits per heavy atom. The highest BCUT2D eigenvalue weighted by atomic mass is 16.3. The third kappa shape index (κ3) is 1.97. The van der Waals surface area contributed by atoms with E-state index in [2.05, 4.69) is 4.98 Å². The highest BCUT2D eigenvalue weighted by Crippen LogP contribution is 2.27. The van der Waals surface area contributed by atoms with E-state index in [1.165, 1.54) is 6.92 Å². The van der Waals surface area contributed by atoms with Gasteiger partial charge < -0.3 is 10.2 Å². The van der Waals surface area contributed by atoms with Gasteiger partial charge >= 0.3 is 0 Å². The van der Waals surface area contributed by atoms with Crippen molar-refractivity contribution in [2.75, 3.05) is 5.73 Å². The maximum atomic E-state index is 11.5. The average Bonchev–Trinajstić information content (AvgIpc) is 2.82. The molecule has 0 aliphatic rings. The SMILES string of the molecule is CC(=O)c1cccc2nc(-c3ccc(N)cc3)oc12. The van der Waals surface area contributed by atoms with Gasteiger partial charge in [-0.2, -0.15) is 0 Å². The van der Waals surface area contributed by atoms with E-state index in [-0.39, 0.29) is 5.78 Å². The van der Waals surface area contributed by atoms with E-state index in [0.717, 1.165) is 5.56 Å². The zero-order valence-electron chi connectivity index (χ0n) is 10.4. The number of ketones is 1. The summed E-state index contributed by atoms with van der Waals surface area (Å²) in [6.07, 6.45) is 0. The normalized spacial score (nSPS) is 10.8. The second-order valence-corrected chi connectivity index (χ2v) is 4.35. The molecule has 0 aliphatic heterocycles. The minimum atomic E-state index is -0.0365. The number of nitrogens with two attached hydrogens (primary N) is 1. The Balaban J connectivity index is 2.19. The van der Waals surface area contributed by atoms with E-state index in [0.29, 0.717) is 28.2 Å². The molecular weight excluding hydrogens is 240 g/mol. The Labute approximate surface area is 109 Å². The molecule has 2 N–H and O–H groups in total. The molecule has 0 fully saturated rings. The molecule has 0 amide bonds. The van der Waals surface area contributed by atoms with Crippen molar-refractivity contribution in [2.45, 2.75) is 6.92 Å². The van der Waals surface area contributed by atoms with Crippen LogP contribution in [-0.2, 0) is 0 Å². The molecule has 0 aliphatic carbocycles. The van der Waals surface area contributed by atoms with E-state index in [4.69, 9.17) is 10.2 Å². The third-order valence-electron chi connectivity index (χ3n) is 2.95. The number of fused-ring (bicyclic) bond motifs is 1. The van der Waals surface area contributed by atoms with Gasteiger partial charge in [0, 0.05) is 11.3 Å². The lowest BCUT2D eigenvalue weighted by Gasteiger charge is -1.96. The largest absolute Gasteiger partial charge is 0.435 e. The van der Waals surface area contributed by atoms with Crippen LogP contribution in [0.5, 0.6) is 0 Å². The van der Waals surface area contributed by atoms with Crippen molar-refractivity contribution >= 4 is 22.6 Å². The zero-order chi connectivity index (χ0) is 13.4. The van der Waals surface area contributed by atoms with Crippen molar-refractivity contribution < 1.29 is 9.21 Å². The van der Waals surface area contributed by atoms with Gasteiger partial charge in [-0.05, 0) is 43.3 Å². The number of carbonyl (C=O) groups is 1. The van der Waals surface area contributed by atoms with E-state index in [1.54, 1.807) is 24.3 Å². The lowest BCUT2D eigenvalue weighted by molar-refractivity contribution is 0.101. The first-order valence-electron chi connectivity index (χ1n) is 5.91. The molecule has 3 rings (SSSR count). The van der Waals surface area contributed by atoms with E-state index in [1.807, 2.05) is 18.2 Å². The van der Waals surface area contributed by atoms with Crippen LogP contribution < -0.4 is 5.73 Å². The number of carbonyl (C=O) groups excluding carboxylic acids is 1. The molecule has 0 saturated carbocycles. The van der Waals surface area contributed by atoms with Gasteiger partial charge in [0.25, 0.3) is 0 Å². The van der Waals surface area contributed by atoms with Crippen molar-refractivity contribution in [3.63, 3.8) is 0 Å². The quantitative estimate of drug-likeness (QED) is 0.561. The number of oxazole rings is 1. The van der Waals surface area contributed by atoms with Crippen LogP contribution in [0.4, 0.5) is 5.69 Å².